The second-order valence-electron chi connectivity index (χ2n) is 4.20. The molecule has 104 valence electrons. The number of benzene rings is 1. The summed E-state index contributed by atoms with van der Waals surface area (Å²) in [5.74, 6) is 0.180. The first-order valence-electron chi connectivity index (χ1n) is 6.04. The molecule has 2 rings (SSSR count). The van der Waals surface area contributed by atoms with Gasteiger partial charge in [0.05, 0.1) is 18.4 Å². The number of carboxylic acid groups (broad SMARTS) is 1. The third-order valence-corrected chi connectivity index (χ3v) is 2.82. The second kappa shape index (κ2) is 6.01. The smallest absolute Gasteiger partial charge is 0.339 e. The number of anilines is 1. The van der Waals surface area contributed by atoms with Gasteiger partial charge in [-0.15, -0.1) is 0 Å². The Labute approximate surface area is 116 Å². The summed E-state index contributed by atoms with van der Waals surface area (Å²) in [7, 11) is 1.62. The van der Waals surface area contributed by atoms with E-state index in [1.807, 2.05) is 24.3 Å². The van der Waals surface area contributed by atoms with Crippen LogP contribution in [0.2, 0.25) is 0 Å². The highest BCUT2D eigenvalue weighted by atomic mass is 16.5. The first kappa shape index (κ1) is 13.8. The molecule has 1 heterocycles. The quantitative estimate of drug-likeness (QED) is 0.868. The minimum atomic E-state index is -1.02. The standard InChI is InChI=1S/C14H15N3O3/c1-9-12(13(18)19)8-16-14(17-9)15-7-10-3-5-11(20-2)6-4-10/h3-6,8H,7H2,1-2H3,(H,18,19)(H,15,16,17). The van der Waals surface area contributed by atoms with Crippen molar-refractivity contribution in [3.05, 3.63) is 47.3 Å². The van der Waals surface area contributed by atoms with Crippen LogP contribution >= 0.6 is 0 Å². The molecule has 1 aromatic heterocycles. The van der Waals surface area contributed by atoms with Crippen molar-refractivity contribution in [2.45, 2.75) is 13.5 Å². The number of aryl methyl sites for hydroxylation is 1. The molecule has 6 nitrogen and oxygen atoms in total. The first-order chi connectivity index (χ1) is 9.60. The highest BCUT2D eigenvalue weighted by Gasteiger charge is 2.09. The van der Waals surface area contributed by atoms with Crippen LogP contribution in [-0.4, -0.2) is 28.2 Å². The van der Waals surface area contributed by atoms with Crippen LogP contribution in [0.25, 0.3) is 0 Å². The van der Waals surface area contributed by atoms with Crippen molar-refractivity contribution in [1.29, 1.82) is 0 Å². The molecule has 0 radical (unpaired) electrons. The van der Waals surface area contributed by atoms with Crippen LogP contribution < -0.4 is 10.1 Å². The lowest BCUT2D eigenvalue weighted by Gasteiger charge is -2.07. The number of carbonyl (C=O) groups is 1. The van der Waals surface area contributed by atoms with Gasteiger partial charge in [-0.1, -0.05) is 12.1 Å². The summed E-state index contributed by atoms with van der Waals surface area (Å²) in [6, 6.07) is 7.61. The normalized spacial score (nSPS) is 10.1. The van der Waals surface area contributed by atoms with E-state index in [2.05, 4.69) is 15.3 Å². The Morgan fingerprint density at radius 3 is 2.60 bits per heavy atom. The molecule has 0 saturated heterocycles. The van der Waals surface area contributed by atoms with E-state index in [-0.39, 0.29) is 5.56 Å². The number of aromatic nitrogens is 2. The van der Waals surface area contributed by atoms with Crippen molar-refractivity contribution in [3.8, 4) is 5.75 Å². The van der Waals surface area contributed by atoms with Crippen molar-refractivity contribution in [2.75, 3.05) is 12.4 Å². The van der Waals surface area contributed by atoms with Crippen LogP contribution in [0.15, 0.2) is 30.5 Å². The van der Waals surface area contributed by atoms with Gasteiger partial charge in [0, 0.05) is 12.7 Å². The molecule has 0 aliphatic carbocycles. The highest BCUT2D eigenvalue weighted by Crippen LogP contribution is 2.13. The number of hydrogen-bond acceptors (Lipinski definition) is 5. The van der Waals surface area contributed by atoms with E-state index in [1.54, 1.807) is 14.0 Å². The van der Waals surface area contributed by atoms with E-state index in [4.69, 9.17) is 9.84 Å². The fraction of sp³-hybridized carbons (Fsp3) is 0.214. The van der Waals surface area contributed by atoms with Gasteiger partial charge < -0.3 is 15.2 Å². The predicted molar refractivity (Wildman–Crippen MR) is 74.0 cm³/mol. The maximum atomic E-state index is 10.9. The molecule has 0 aliphatic heterocycles. The average molecular weight is 273 g/mol. The topological polar surface area (TPSA) is 84.3 Å². The van der Waals surface area contributed by atoms with Crippen LogP contribution in [0.3, 0.4) is 0 Å². The summed E-state index contributed by atoms with van der Waals surface area (Å²) in [4.78, 5) is 19.0. The summed E-state index contributed by atoms with van der Waals surface area (Å²) in [6.07, 6.45) is 1.31. The van der Waals surface area contributed by atoms with Gasteiger partial charge in [0.2, 0.25) is 5.95 Å². The maximum Gasteiger partial charge on any atom is 0.339 e. The molecule has 0 fully saturated rings. The molecule has 0 aliphatic rings. The molecule has 0 amide bonds. The fourth-order valence-electron chi connectivity index (χ4n) is 1.69. The molecule has 1 aromatic carbocycles. The van der Waals surface area contributed by atoms with Crippen LogP contribution in [0.4, 0.5) is 5.95 Å². The van der Waals surface area contributed by atoms with E-state index in [0.717, 1.165) is 11.3 Å². The molecule has 0 spiro atoms. The molecule has 6 heteroatoms. The van der Waals surface area contributed by atoms with E-state index in [9.17, 15) is 4.79 Å². The summed E-state index contributed by atoms with van der Waals surface area (Å²) >= 11 is 0. The lowest BCUT2D eigenvalue weighted by molar-refractivity contribution is 0.0695. The van der Waals surface area contributed by atoms with E-state index in [1.165, 1.54) is 6.20 Å². The Bertz CT molecular complexity index is 612. The molecule has 2 N–H and O–H groups in total. The van der Waals surface area contributed by atoms with Crippen molar-refractivity contribution >= 4 is 11.9 Å². The van der Waals surface area contributed by atoms with Gasteiger partial charge in [0.15, 0.2) is 0 Å². The zero-order valence-electron chi connectivity index (χ0n) is 11.3. The number of nitrogens with one attached hydrogen (secondary N) is 1. The van der Waals surface area contributed by atoms with Crippen molar-refractivity contribution in [2.24, 2.45) is 0 Å². The second-order valence-corrected chi connectivity index (χ2v) is 4.20. The molecule has 0 atom stereocenters. The van der Waals surface area contributed by atoms with E-state index in [0.29, 0.717) is 18.2 Å². The number of nitrogens with zero attached hydrogens (tertiary/aromatic N) is 2. The number of rotatable bonds is 5. The third-order valence-electron chi connectivity index (χ3n) is 2.82. The molecule has 2 aromatic rings. The summed E-state index contributed by atoms with van der Waals surface area (Å²) in [5, 5.41) is 12.0. The van der Waals surface area contributed by atoms with Crippen LogP contribution in [-0.2, 0) is 6.54 Å². The van der Waals surface area contributed by atoms with Crippen LogP contribution in [0.5, 0.6) is 5.75 Å². The summed E-state index contributed by atoms with van der Waals surface area (Å²) < 4.78 is 5.08. The van der Waals surface area contributed by atoms with Gasteiger partial charge in [-0.05, 0) is 24.6 Å². The van der Waals surface area contributed by atoms with Gasteiger partial charge in [0.25, 0.3) is 0 Å². The summed E-state index contributed by atoms with van der Waals surface area (Å²) in [6.45, 7) is 2.19. The molecular weight excluding hydrogens is 258 g/mol. The SMILES string of the molecule is COc1ccc(CNc2ncc(C(=O)O)c(C)n2)cc1. The predicted octanol–water partition coefficient (Wildman–Crippen LogP) is 2.10. The Kier molecular flexibility index (Phi) is 4.14. The Morgan fingerprint density at radius 2 is 2.05 bits per heavy atom. The average Bonchev–Trinajstić information content (AvgIpc) is 2.45. The first-order valence-corrected chi connectivity index (χ1v) is 6.04. The highest BCUT2D eigenvalue weighted by molar-refractivity contribution is 5.88. The maximum absolute atomic E-state index is 10.9. The van der Waals surface area contributed by atoms with E-state index >= 15 is 0 Å². The van der Waals surface area contributed by atoms with Gasteiger partial charge in [0.1, 0.15) is 5.75 Å². The molecule has 20 heavy (non-hydrogen) atoms. The number of hydrogen-bond donors (Lipinski definition) is 2. The van der Waals surface area contributed by atoms with Crippen molar-refractivity contribution in [1.82, 2.24) is 9.97 Å². The number of ether oxygens (including phenoxy) is 1. The number of carboxylic acids is 1. The Balaban J connectivity index is 2.03. The summed E-state index contributed by atoms with van der Waals surface area (Å²) in [5.41, 5.74) is 1.60. The molecule has 0 unspecified atom stereocenters. The number of aromatic carboxylic acids is 1. The minimum absolute atomic E-state index is 0.111. The van der Waals surface area contributed by atoms with E-state index < -0.39 is 5.97 Å². The van der Waals surface area contributed by atoms with Crippen molar-refractivity contribution < 1.29 is 14.6 Å². The fourth-order valence-corrected chi connectivity index (χ4v) is 1.69. The van der Waals surface area contributed by atoms with Gasteiger partial charge in [-0.3, -0.25) is 0 Å². The minimum Gasteiger partial charge on any atom is -0.497 e. The number of methoxy groups -OCH3 is 1. The third kappa shape index (κ3) is 3.23. The van der Waals surface area contributed by atoms with Crippen molar-refractivity contribution in [3.63, 3.8) is 0 Å². The Morgan fingerprint density at radius 1 is 1.35 bits per heavy atom. The largest absolute Gasteiger partial charge is 0.497 e. The molecule has 0 saturated carbocycles. The van der Waals surface area contributed by atoms with Gasteiger partial charge >= 0.3 is 5.97 Å². The van der Waals surface area contributed by atoms with Crippen LogP contribution in [0, 0.1) is 6.92 Å². The van der Waals surface area contributed by atoms with Gasteiger partial charge in [-0.25, -0.2) is 14.8 Å². The monoisotopic (exact) mass is 273 g/mol. The molecule has 0 bridgehead atoms. The Hall–Kier alpha value is -2.63. The zero-order chi connectivity index (χ0) is 14.5. The van der Waals surface area contributed by atoms with Crippen LogP contribution in [0.1, 0.15) is 21.6 Å². The molecular formula is C14H15N3O3. The van der Waals surface area contributed by atoms with Gasteiger partial charge in [-0.2, -0.15) is 0 Å². The zero-order valence-corrected chi connectivity index (χ0v) is 11.3. The lowest BCUT2D eigenvalue weighted by Crippen LogP contribution is -2.08. The lowest BCUT2D eigenvalue weighted by atomic mass is 10.2.